The Labute approximate surface area is 90.6 Å². The van der Waals surface area contributed by atoms with Gasteiger partial charge in [-0.15, -0.1) is 0 Å². The molecule has 0 aliphatic heterocycles. The van der Waals surface area contributed by atoms with E-state index in [1.165, 1.54) is 5.56 Å². The van der Waals surface area contributed by atoms with Crippen molar-refractivity contribution in [3.05, 3.63) is 47.5 Å². The molecule has 0 N–H and O–H groups in total. The minimum atomic E-state index is -0.228. The number of hydrogen-bond donors (Lipinski definition) is 0. The Morgan fingerprint density at radius 3 is 2.60 bits per heavy atom. The van der Waals surface area contributed by atoms with Gasteiger partial charge in [0.25, 0.3) is 0 Å². The van der Waals surface area contributed by atoms with Crippen LogP contribution in [0.2, 0.25) is 0 Å². The fraction of sp³-hybridized carbons (Fsp3) is 0.308. The number of rotatable bonds is 4. The van der Waals surface area contributed by atoms with Crippen molar-refractivity contribution in [2.24, 2.45) is 0 Å². The summed E-state index contributed by atoms with van der Waals surface area (Å²) in [6, 6.07) is 9.98. The van der Waals surface area contributed by atoms with Gasteiger partial charge in [-0.3, -0.25) is 0 Å². The molecule has 0 saturated carbocycles. The summed E-state index contributed by atoms with van der Waals surface area (Å²) in [7, 11) is 0. The molecule has 0 bridgehead atoms. The first-order valence-electron chi connectivity index (χ1n) is 5.08. The third-order valence-corrected chi connectivity index (χ3v) is 2.22. The highest BCUT2D eigenvalue weighted by atomic mass is 16.5. The van der Waals surface area contributed by atoms with Crippen LogP contribution in [-0.4, -0.2) is 12.6 Å². The quantitative estimate of drug-likeness (QED) is 0.557. The van der Waals surface area contributed by atoms with Crippen molar-refractivity contribution >= 4 is 5.97 Å². The molecule has 0 unspecified atom stereocenters. The molecule has 0 radical (unpaired) electrons. The standard InChI is InChI=1S/C13H16O2/c1-3-11(2)13(14)15-10-9-12-7-5-4-6-8-12/h3-8H,9-10H2,1-2H3/b11-3+. The van der Waals surface area contributed by atoms with Crippen molar-refractivity contribution in [1.29, 1.82) is 0 Å². The van der Waals surface area contributed by atoms with Gasteiger partial charge in [-0.25, -0.2) is 4.79 Å². The second-order valence-electron chi connectivity index (χ2n) is 3.34. The van der Waals surface area contributed by atoms with Gasteiger partial charge >= 0.3 is 5.97 Å². The minimum absolute atomic E-state index is 0.228. The van der Waals surface area contributed by atoms with Crippen LogP contribution >= 0.6 is 0 Å². The molecule has 0 fully saturated rings. The Morgan fingerprint density at radius 1 is 1.33 bits per heavy atom. The maximum atomic E-state index is 11.3. The Balaban J connectivity index is 2.31. The van der Waals surface area contributed by atoms with Crippen LogP contribution in [-0.2, 0) is 16.0 Å². The first kappa shape index (κ1) is 11.5. The van der Waals surface area contributed by atoms with Crippen LogP contribution in [0.5, 0.6) is 0 Å². The van der Waals surface area contributed by atoms with Gasteiger partial charge in [-0.05, 0) is 19.4 Å². The molecular weight excluding hydrogens is 188 g/mol. The van der Waals surface area contributed by atoms with Gasteiger partial charge in [0.15, 0.2) is 0 Å². The van der Waals surface area contributed by atoms with Gasteiger partial charge in [0.1, 0.15) is 0 Å². The normalized spacial score (nSPS) is 11.2. The lowest BCUT2D eigenvalue weighted by Gasteiger charge is -2.04. The number of allylic oxidation sites excluding steroid dienone is 1. The molecule has 0 aliphatic rings. The molecule has 1 aromatic carbocycles. The van der Waals surface area contributed by atoms with E-state index in [9.17, 15) is 4.79 Å². The van der Waals surface area contributed by atoms with E-state index in [2.05, 4.69) is 0 Å². The summed E-state index contributed by atoms with van der Waals surface area (Å²) in [6.07, 6.45) is 2.52. The van der Waals surface area contributed by atoms with Crippen molar-refractivity contribution in [3.63, 3.8) is 0 Å². The molecule has 0 spiro atoms. The second-order valence-corrected chi connectivity index (χ2v) is 3.34. The van der Waals surface area contributed by atoms with E-state index in [0.717, 1.165) is 6.42 Å². The highest BCUT2D eigenvalue weighted by Crippen LogP contribution is 2.01. The summed E-state index contributed by atoms with van der Waals surface area (Å²) in [5.74, 6) is -0.228. The molecule has 0 aliphatic carbocycles. The number of benzene rings is 1. The summed E-state index contributed by atoms with van der Waals surface area (Å²) < 4.78 is 5.09. The third kappa shape index (κ3) is 3.98. The van der Waals surface area contributed by atoms with Crippen LogP contribution in [0.25, 0.3) is 0 Å². The molecule has 2 heteroatoms. The highest BCUT2D eigenvalue weighted by molar-refractivity contribution is 5.87. The Kier molecular flexibility index (Phi) is 4.61. The lowest BCUT2D eigenvalue weighted by molar-refractivity contribution is -0.138. The number of esters is 1. The van der Waals surface area contributed by atoms with Crippen molar-refractivity contribution < 1.29 is 9.53 Å². The molecule has 0 saturated heterocycles. The zero-order chi connectivity index (χ0) is 11.1. The summed E-state index contributed by atoms with van der Waals surface area (Å²) in [6.45, 7) is 4.02. The maximum absolute atomic E-state index is 11.3. The molecule has 0 amide bonds. The van der Waals surface area contributed by atoms with Crippen molar-refractivity contribution in [3.8, 4) is 0 Å². The van der Waals surface area contributed by atoms with E-state index in [1.807, 2.05) is 37.3 Å². The van der Waals surface area contributed by atoms with Crippen molar-refractivity contribution in [1.82, 2.24) is 0 Å². The van der Waals surface area contributed by atoms with Crippen LogP contribution in [0, 0.1) is 0 Å². The van der Waals surface area contributed by atoms with Crippen LogP contribution in [0.4, 0.5) is 0 Å². The van der Waals surface area contributed by atoms with Gasteiger partial charge in [0.2, 0.25) is 0 Å². The Hall–Kier alpha value is -1.57. The van der Waals surface area contributed by atoms with E-state index in [1.54, 1.807) is 13.0 Å². The predicted molar refractivity (Wildman–Crippen MR) is 60.5 cm³/mol. The number of carbonyl (C=O) groups excluding carboxylic acids is 1. The van der Waals surface area contributed by atoms with Gasteiger partial charge < -0.3 is 4.74 Å². The molecule has 80 valence electrons. The zero-order valence-corrected chi connectivity index (χ0v) is 9.19. The average Bonchev–Trinajstić information content (AvgIpc) is 2.29. The SMILES string of the molecule is C/C=C(\C)C(=O)OCCc1ccccc1. The summed E-state index contributed by atoms with van der Waals surface area (Å²) in [4.78, 5) is 11.3. The predicted octanol–water partition coefficient (Wildman–Crippen LogP) is 2.74. The Morgan fingerprint density at radius 2 is 2.00 bits per heavy atom. The van der Waals surface area contributed by atoms with Gasteiger partial charge in [0, 0.05) is 12.0 Å². The monoisotopic (exact) mass is 204 g/mol. The molecule has 15 heavy (non-hydrogen) atoms. The van der Waals surface area contributed by atoms with E-state index >= 15 is 0 Å². The lowest BCUT2D eigenvalue weighted by Crippen LogP contribution is -2.08. The summed E-state index contributed by atoms with van der Waals surface area (Å²) >= 11 is 0. The average molecular weight is 204 g/mol. The van der Waals surface area contributed by atoms with Crippen LogP contribution in [0.15, 0.2) is 42.0 Å². The number of hydrogen-bond acceptors (Lipinski definition) is 2. The highest BCUT2D eigenvalue weighted by Gasteiger charge is 2.03. The molecule has 1 aromatic rings. The minimum Gasteiger partial charge on any atom is -0.462 e. The molecule has 1 rings (SSSR count). The Bertz CT molecular complexity index is 339. The van der Waals surface area contributed by atoms with E-state index in [-0.39, 0.29) is 5.97 Å². The van der Waals surface area contributed by atoms with E-state index < -0.39 is 0 Å². The topological polar surface area (TPSA) is 26.3 Å². The molecule has 0 atom stereocenters. The van der Waals surface area contributed by atoms with Crippen LogP contribution in [0.1, 0.15) is 19.4 Å². The smallest absolute Gasteiger partial charge is 0.333 e. The number of ether oxygens (including phenoxy) is 1. The third-order valence-electron chi connectivity index (χ3n) is 2.22. The van der Waals surface area contributed by atoms with Crippen molar-refractivity contribution in [2.45, 2.75) is 20.3 Å². The molecule has 0 heterocycles. The van der Waals surface area contributed by atoms with Crippen LogP contribution in [0.3, 0.4) is 0 Å². The fourth-order valence-electron chi connectivity index (χ4n) is 1.14. The van der Waals surface area contributed by atoms with Crippen molar-refractivity contribution in [2.75, 3.05) is 6.61 Å². The first-order chi connectivity index (χ1) is 7.24. The summed E-state index contributed by atoms with van der Waals surface area (Å²) in [5.41, 5.74) is 1.84. The fourth-order valence-corrected chi connectivity index (χ4v) is 1.14. The van der Waals surface area contributed by atoms with E-state index in [0.29, 0.717) is 12.2 Å². The van der Waals surface area contributed by atoms with Gasteiger partial charge in [-0.2, -0.15) is 0 Å². The molecular formula is C13H16O2. The molecule has 2 nitrogen and oxygen atoms in total. The van der Waals surface area contributed by atoms with Gasteiger partial charge in [0.05, 0.1) is 6.61 Å². The van der Waals surface area contributed by atoms with Crippen LogP contribution < -0.4 is 0 Å². The largest absolute Gasteiger partial charge is 0.462 e. The van der Waals surface area contributed by atoms with E-state index in [4.69, 9.17) is 4.74 Å². The second kappa shape index (κ2) is 6.02. The zero-order valence-electron chi connectivity index (χ0n) is 9.19. The number of carbonyl (C=O) groups is 1. The lowest BCUT2D eigenvalue weighted by atomic mass is 10.2. The molecule has 0 aromatic heterocycles. The van der Waals surface area contributed by atoms with Gasteiger partial charge in [-0.1, -0.05) is 36.4 Å². The first-order valence-corrected chi connectivity index (χ1v) is 5.08. The summed E-state index contributed by atoms with van der Waals surface area (Å²) in [5, 5.41) is 0. The maximum Gasteiger partial charge on any atom is 0.333 e.